The summed E-state index contributed by atoms with van der Waals surface area (Å²) in [5, 5.41) is 1.93. The number of imide groups is 1. The molecule has 0 atom stereocenters. The van der Waals surface area contributed by atoms with Gasteiger partial charge in [0.05, 0.1) is 11.5 Å². The van der Waals surface area contributed by atoms with Crippen molar-refractivity contribution in [2.75, 3.05) is 6.61 Å². The van der Waals surface area contributed by atoms with Crippen molar-refractivity contribution in [3.8, 4) is 5.75 Å². The smallest absolute Gasteiger partial charge is 0.290 e. The van der Waals surface area contributed by atoms with E-state index in [0.29, 0.717) is 11.5 Å². The second-order valence-corrected chi connectivity index (χ2v) is 6.17. The van der Waals surface area contributed by atoms with Gasteiger partial charge in [0.15, 0.2) is 0 Å². The molecule has 0 spiro atoms. The summed E-state index contributed by atoms with van der Waals surface area (Å²) in [6.07, 6.45) is 7.64. The Morgan fingerprint density at radius 1 is 1.14 bits per heavy atom. The molecule has 0 aromatic heterocycles. The quantitative estimate of drug-likeness (QED) is 0.571. The Kier molecular flexibility index (Phi) is 6.52. The summed E-state index contributed by atoms with van der Waals surface area (Å²) in [7, 11) is 0. The Morgan fingerprint density at radius 3 is 2.64 bits per heavy atom. The van der Waals surface area contributed by atoms with Gasteiger partial charge in [-0.1, -0.05) is 50.8 Å². The minimum absolute atomic E-state index is 0.328. The molecule has 0 aliphatic carbocycles. The van der Waals surface area contributed by atoms with Crippen molar-refractivity contribution >= 4 is 29.0 Å². The van der Waals surface area contributed by atoms with Crippen LogP contribution < -0.4 is 10.1 Å². The number of para-hydroxylation sites is 1. The molecule has 0 bridgehead atoms. The average Bonchev–Trinajstić information content (AvgIpc) is 2.82. The van der Waals surface area contributed by atoms with Crippen LogP contribution >= 0.6 is 11.8 Å². The van der Waals surface area contributed by atoms with Gasteiger partial charge in [-0.25, -0.2) is 0 Å². The van der Waals surface area contributed by atoms with Gasteiger partial charge in [-0.05, 0) is 30.3 Å². The summed E-state index contributed by atoms with van der Waals surface area (Å²) in [5.74, 6) is 0.405. The van der Waals surface area contributed by atoms with Gasteiger partial charge >= 0.3 is 0 Å². The van der Waals surface area contributed by atoms with E-state index in [9.17, 15) is 9.59 Å². The molecule has 0 unspecified atom stereocenters. The van der Waals surface area contributed by atoms with Crippen molar-refractivity contribution in [2.45, 2.75) is 39.0 Å². The van der Waals surface area contributed by atoms with E-state index in [-0.39, 0.29) is 11.1 Å². The maximum absolute atomic E-state index is 11.6. The third kappa shape index (κ3) is 4.91. The van der Waals surface area contributed by atoms with E-state index >= 15 is 0 Å². The van der Waals surface area contributed by atoms with Crippen LogP contribution in [-0.2, 0) is 4.79 Å². The molecule has 2 amide bonds. The first-order valence-electron chi connectivity index (χ1n) is 7.67. The van der Waals surface area contributed by atoms with Crippen molar-refractivity contribution in [1.29, 1.82) is 0 Å². The van der Waals surface area contributed by atoms with E-state index in [4.69, 9.17) is 4.74 Å². The van der Waals surface area contributed by atoms with Gasteiger partial charge in [0.1, 0.15) is 5.75 Å². The number of hydrogen-bond donors (Lipinski definition) is 1. The lowest BCUT2D eigenvalue weighted by Gasteiger charge is -2.09. The van der Waals surface area contributed by atoms with E-state index in [0.717, 1.165) is 29.5 Å². The molecule has 0 saturated carbocycles. The predicted octanol–water partition coefficient (Wildman–Crippen LogP) is 4.36. The summed E-state index contributed by atoms with van der Waals surface area (Å²) in [5.41, 5.74) is 0.823. The lowest BCUT2D eigenvalue weighted by Crippen LogP contribution is -2.17. The zero-order valence-corrected chi connectivity index (χ0v) is 13.6. The van der Waals surface area contributed by atoms with E-state index in [1.165, 1.54) is 25.7 Å². The van der Waals surface area contributed by atoms with Crippen LogP contribution in [0.1, 0.15) is 44.6 Å². The molecular weight excluding hydrogens is 298 g/mol. The standard InChI is InChI=1S/C17H21NO3S/c1-2-3-4-5-8-11-21-14-10-7-6-9-13(14)12-15-16(19)18-17(20)22-15/h6-7,9-10,12H,2-5,8,11H2,1H3,(H,18,19,20)/b15-12+. The largest absolute Gasteiger partial charge is 0.493 e. The first-order chi connectivity index (χ1) is 10.7. The minimum atomic E-state index is -0.343. The molecule has 1 aromatic rings. The maximum Gasteiger partial charge on any atom is 0.290 e. The number of thioether (sulfide) groups is 1. The Hall–Kier alpha value is -1.75. The number of hydrogen-bond acceptors (Lipinski definition) is 4. The van der Waals surface area contributed by atoms with Crippen LogP contribution in [0.3, 0.4) is 0 Å². The first-order valence-corrected chi connectivity index (χ1v) is 8.49. The van der Waals surface area contributed by atoms with Crippen LogP contribution in [0.15, 0.2) is 29.2 Å². The molecule has 2 rings (SSSR count). The molecule has 1 heterocycles. The Bertz CT molecular complexity index is 569. The van der Waals surface area contributed by atoms with Crippen LogP contribution in [0.2, 0.25) is 0 Å². The monoisotopic (exact) mass is 319 g/mol. The number of benzene rings is 1. The second kappa shape index (κ2) is 8.63. The molecular formula is C17H21NO3S. The summed E-state index contributed by atoms with van der Waals surface area (Å²) < 4.78 is 5.82. The number of carbonyl (C=O) groups excluding carboxylic acids is 2. The molecule has 1 aromatic carbocycles. The predicted molar refractivity (Wildman–Crippen MR) is 89.8 cm³/mol. The van der Waals surface area contributed by atoms with E-state index in [1.807, 2.05) is 24.3 Å². The van der Waals surface area contributed by atoms with Crippen LogP contribution in [-0.4, -0.2) is 17.8 Å². The summed E-state index contributed by atoms with van der Waals surface area (Å²) in [6.45, 7) is 2.87. The fourth-order valence-corrected chi connectivity index (χ4v) is 2.85. The molecule has 1 saturated heterocycles. The molecule has 1 aliphatic heterocycles. The van der Waals surface area contributed by atoms with Gasteiger partial charge in [0.2, 0.25) is 0 Å². The summed E-state index contributed by atoms with van der Waals surface area (Å²) in [4.78, 5) is 23.2. The van der Waals surface area contributed by atoms with Gasteiger partial charge in [-0.15, -0.1) is 0 Å². The highest BCUT2D eigenvalue weighted by Gasteiger charge is 2.25. The lowest BCUT2D eigenvalue weighted by atomic mass is 10.1. The third-order valence-electron chi connectivity index (χ3n) is 3.35. The number of unbranched alkanes of at least 4 members (excludes halogenated alkanes) is 4. The maximum atomic E-state index is 11.6. The number of nitrogens with one attached hydrogen (secondary N) is 1. The molecule has 1 aliphatic rings. The van der Waals surface area contributed by atoms with Crippen molar-refractivity contribution in [3.63, 3.8) is 0 Å². The normalized spacial score (nSPS) is 16.1. The number of amides is 2. The molecule has 0 radical (unpaired) electrons. The van der Waals surface area contributed by atoms with Gasteiger partial charge < -0.3 is 4.74 Å². The van der Waals surface area contributed by atoms with E-state index in [2.05, 4.69) is 12.2 Å². The topological polar surface area (TPSA) is 55.4 Å². The molecule has 5 heteroatoms. The zero-order chi connectivity index (χ0) is 15.8. The second-order valence-electron chi connectivity index (χ2n) is 5.15. The number of carbonyl (C=O) groups is 2. The van der Waals surface area contributed by atoms with E-state index in [1.54, 1.807) is 6.08 Å². The van der Waals surface area contributed by atoms with Crippen molar-refractivity contribution < 1.29 is 14.3 Å². The summed E-state index contributed by atoms with van der Waals surface area (Å²) >= 11 is 0.921. The van der Waals surface area contributed by atoms with Gasteiger partial charge in [0, 0.05) is 5.56 Å². The zero-order valence-electron chi connectivity index (χ0n) is 12.8. The number of rotatable bonds is 8. The SMILES string of the molecule is CCCCCCCOc1ccccc1/C=C1/SC(=O)NC1=O. The van der Waals surface area contributed by atoms with Crippen LogP contribution in [0.25, 0.3) is 6.08 Å². The average molecular weight is 319 g/mol. The van der Waals surface area contributed by atoms with Crippen molar-refractivity contribution in [3.05, 3.63) is 34.7 Å². The van der Waals surface area contributed by atoms with Crippen LogP contribution in [0.4, 0.5) is 4.79 Å². The fourth-order valence-electron chi connectivity index (χ4n) is 2.18. The molecule has 4 nitrogen and oxygen atoms in total. The molecule has 1 N–H and O–H groups in total. The van der Waals surface area contributed by atoms with Gasteiger partial charge in [-0.3, -0.25) is 14.9 Å². The first kappa shape index (κ1) is 16.6. The minimum Gasteiger partial charge on any atom is -0.493 e. The Balaban J connectivity index is 1.94. The van der Waals surface area contributed by atoms with Gasteiger partial charge in [-0.2, -0.15) is 0 Å². The van der Waals surface area contributed by atoms with E-state index < -0.39 is 0 Å². The number of ether oxygens (including phenoxy) is 1. The Morgan fingerprint density at radius 2 is 1.91 bits per heavy atom. The van der Waals surface area contributed by atoms with Crippen LogP contribution in [0.5, 0.6) is 5.75 Å². The Labute approximate surface area is 135 Å². The van der Waals surface area contributed by atoms with Crippen molar-refractivity contribution in [1.82, 2.24) is 5.32 Å². The highest BCUT2D eigenvalue weighted by atomic mass is 32.2. The fraction of sp³-hybridized carbons (Fsp3) is 0.412. The van der Waals surface area contributed by atoms with Crippen LogP contribution in [0, 0.1) is 0 Å². The highest BCUT2D eigenvalue weighted by Crippen LogP contribution is 2.29. The van der Waals surface area contributed by atoms with Crippen molar-refractivity contribution in [2.24, 2.45) is 0 Å². The molecule has 1 fully saturated rings. The summed E-state index contributed by atoms with van der Waals surface area (Å²) in [6, 6.07) is 7.56. The molecule has 118 valence electrons. The lowest BCUT2D eigenvalue weighted by molar-refractivity contribution is -0.115. The molecule has 22 heavy (non-hydrogen) atoms. The van der Waals surface area contributed by atoms with Gasteiger partial charge in [0.25, 0.3) is 11.1 Å². The third-order valence-corrected chi connectivity index (χ3v) is 4.16. The highest BCUT2D eigenvalue weighted by molar-refractivity contribution is 8.18.